The summed E-state index contributed by atoms with van der Waals surface area (Å²) in [5.41, 5.74) is 2.09. The third-order valence-corrected chi connectivity index (χ3v) is 5.47. The van der Waals surface area contributed by atoms with E-state index in [-0.39, 0.29) is 21.8 Å². The van der Waals surface area contributed by atoms with Gasteiger partial charge in [0, 0.05) is 18.9 Å². The van der Waals surface area contributed by atoms with Crippen molar-refractivity contribution in [2.45, 2.75) is 5.03 Å². The Morgan fingerprint density at radius 3 is 2.00 bits per heavy atom. The number of hydrogen-bond acceptors (Lipinski definition) is 4. The number of sulfone groups is 1. The molecule has 0 spiro atoms. The van der Waals surface area contributed by atoms with Crippen LogP contribution in [0.25, 0.3) is 22.3 Å². The first-order valence-electron chi connectivity index (χ1n) is 7.97. The summed E-state index contributed by atoms with van der Waals surface area (Å²) in [6.07, 6.45) is 0.955. The van der Waals surface area contributed by atoms with Gasteiger partial charge < -0.3 is 9.67 Å². The molecule has 0 aliphatic heterocycles. The first-order chi connectivity index (χ1) is 12.8. The molecule has 27 heavy (non-hydrogen) atoms. The fourth-order valence-electron chi connectivity index (χ4n) is 3.19. The van der Waals surface area contributed by atoms with Crippen LogP contribution < -0.4 is 0 Å². The van der Waals surface area contributed by atoms with E-state index >= 15 is 0 Å². The number of carboxylic acids is 1. The molecule has 2 aromatic carbocycles. The molecule has 6 nitrogen and oxygen atoms in total. The van der Waals surface area contributed by atoms with Gasteiger partial charge in [-0.15, -0.1) is 0 Å². The quantitative estimate of drug-likeness (QED) is 0.748. The summed E-state index contributed by atoms with van der Waals surface area (Å²) in [7, 11) is -2.46. The van der Waals surface area contributed by atoms with Crippen LogP contribution in [0.4, 0.5) is 0 Å². The normalized spacial score (nSPS) is 11.1. The van der Waals surface area contributed by atoms with Gasteiger partial charge in [0.25, 0.3) is 0 Å². The molecule has 136 valence electrons. The van der Waals surface area contributed by atoms with E-state index in [0.29, 0.717) is 5.56 Å². The van der Waals surface area contributed by atoms with Gasteiger partial charge in [-0.05, 0) is 16.7 Å². The predicted octanol–water partition coefficient (Wildman–Crippen LogP) is 3.33. The standard InChI is InChI=1S/C20H16N2O4S/c1-22-18(20(23)24)17(16(12-21)19(22)27(2,25)26)15-10-8-14(9-11-15)13-6-4-3-5-7-13/h3-11H,1-2H3,(H,23,24). The zero-order valence-electron chi connectivity index (χ0n) is 14.7. The zero-order chi connectivity index (χ0) is 19.8. The Bertz CT molecular complexity index is 1170. The van der Waals surface area contributed by atoms with Gasteiger partial charge in [-0.3, -0.25) is 0 Å². The lowest BCUT2D eigenvalue weighted by molar-refractivity contribution is 0.0686. The number of nitrogens with zero attached hydrogens (tertiary/aromatic N) is 2. The summed E-state index contributed by atoms with van der Waals surface area (Å²) in [6, 6.07) is 18.5. The Kier molecular flexibility index (Phi) is 4.60. The van der Waals surface area contributed by atoms with E-state index in [0.717, 1.165) is 21.9 Å². The van der Waals surface area contributed by atoms with Crippen molar-refractivity contribution in [1.29, 1.82) is 5.26 Å². The van der Waals surface area contributed by atoms with Crippen molar-refractivity contribution in [3.05, 3.63) is 65.9 Å². The van der Waals surface area contributed by atoms with E-state index in [2.05, 4.69) is 0 Å². The zero-order valence-corrected chi connectivity index (χ0v) is 15.5. The number of benzene rings is 2. The molecule has 0 fully saturated rings. The Hall–Kier alpha value is -3.37. The van der Waals surface area contributed by atoms with Crippen LogP contribution in [0.2, 0.25) is 0 Å². The van der Waals surface area contributed by atoms with Crippen LogP contribution in [0.5, 0.6) is 0 Å². The fraction of sp³-hybridized carbons (Fsp3) is 0.100. The maximum atomic E-state index is 12.1. The van der Waals surface area contributed by atoms with Gasteiger partial charge in [-0.25, -0.2) is 13.2 Å². The lowest BCUT2D eigenvalue weighted by Gasteiger charge is -2.06. The van der Waals surface area contributed by atoms with Crippen LogP contribution in [0.15, 0.2) is 59.6 Å². The average molecular weight is 380 g/mol. The van der Waals surface area contributed by atoms with Gasteiger partial charge in [-0.1, -0.05) is 54.6 Å². The Labute approximate surface area is 156 Å². The third-order valence-electron chi connectivity index (χ3n) is 4.29. The minimum absolute atomic E-state index is 0.104. The molecular formula is C20H16N2O4S. The maximum absolute atomic E-state index is 12.1. The van der Waals surface area contributed by atoms with E-state index in [1.54, 1.807) is 12.1 Å². The molecule has 0 unspecified atom stereocenters. The van der Waals surface area contributed by atoms with Crippen LogP contribution in [0.1, 0.15) is 16.1 Å². The molecule has 1 N–H and O–H groups in total. The number of carboxylic acid groups (broad SMARTS) is 1. The van der Waals surface area contributed by atoms with Gasteiger partial charge in [0.1, 0.15) is 11.8 Å². The van der Waals surface area contributed by atoms with Gasteiger partial charge in [0.05, 0.1) is 5.56 Å². The number of carbonyl (C=O) groups is 1. The van der Waals surface area contributed by atoms with Crippen LogP contribution in [0, 0.1) is 11.3 Å². The molecule has 1 aromatic heterocycles. The van der Waals surface area contributed by atoms with E-state index in [4.69, 9.17) is 0 Å². The molecule has 0 aliphatic carbocycles. The lowest BCUT2D eigenvalue weighted by Crippen LogP contribution is -2.11. The second-order valence-corrected chi connectivity index (χ2v) is 8.03. The van der Waals surface area contributed by atoms with Gasteiger partial charge in [0.15, 0.2) is 14.9 Å². The van der Waals surface area contributed by atoms with Crippen LogP contribution in [0.3, 0.4) is 0 Å². The first-order valence-corrected chi connectivity index (χ1v) is 9.86. The van der Waals surface area contributed by atoms with Crippen molar-refractivity contribution in [3.63, 3.8) is 0 Å². The highest BCUT2D eigenvalue weighted by molar-refractivity contribution is 7.90. The van der Waals surface area contributed by atoms with E-state index in [1.807, 2.05) is 48.5 Å². The number of aromatic carboxylic acids is 1. The Morgan fingerprint density at radius 2 is 1.52 bits per heavy atom. The number of nitriles is 1. The average Bonchev–Trinajstić information content (AvgIpc) is 2.95. The third kappa shape index (κ3) is 3.23. The molecule has 0 saturated carbocycles. The van der Waals surface area contributed by atoms with Crippen molar-refractivity contribution in [3.8, 4) is 28.3 Å². The second kappa shape index (κ2) is 6.74. The molecule has 0 radical (unpaired) electrons. The highest BCUT2D eigenvalue weighted by Crippen LogP contribution is 2.35. The van der Waals surface area contributed by atoms with Crippen molar-refractivity contribution in [2.75, 3.05) is 6.26 Å². The molecule has 0 saturated heterocycles. The van der Waals surface area contributed by atoms with E-state index in [1.165, 1.54) is 7.05 Å². The second-order valence-electron chi connectivity index (χ2n) is 6.10. The topological polar surface area (TPSA) is 100 Å². The van der Waals surface area contributed by atoms with Crippen LogP contribution in [-0.2, 0) is 16.9 Å². The fourth-order valence-corrected chi connectivity index (χ4v) is 4.30. The number of aromatic nitrogens is 1. The summed E-state index contributed by atoms with van der Waals surface area (Å²) in [4.78, 5) is 11.8. The van der Waals surface area contributed by atoms with E-state index < -0.39 is 15.8 Å². The summed E-state index contributed by atoms with van der Waals surface area (Å²) in [6.45, 7) is 0. The summed E-state index contributed by atoms with van der Waals surface area (Å²) in [5.74, 6) is -1.30. The highest BCUT2D eigenvalue weighted by Gasteiger charge is 2.30. The minimum atomic E-state index is -3.79. The summed E-state index contributed by atoms with van der Waals surface area (Å²) >= 11 is 0. The summed E-state index contributed by atoms with van der Waals surface area (Å²) < 4.78 is 25.3. The monoisotopic (exact) mass is 380 g/mol. The smallest absolute Gasteiger partial charge is 0.353 e. The van der Waals surface area contributed by atoms with Crippen molar-refractivity contribution in [1.82, 2.24) is 4.57 Å². The Morgan fingerprint density at radius 1 is 1.00 bits per heavy atom. The van der Waals surface area contributed by atoms with Gasteiger partial charge >= 0.3 is 5.97 Å². The van der Waals surface area contributed by atoms with Crippen molar-refractivity contribution >= 4 is 15.8 Å². The molecule has 0 atom stereocenters. The molecule has 0 aliphatic rings. The largest absolute Gasteiger partial charge is 0.477 e. The van der Waals surface area contributed by atoms with Crippen LogP contribution >= 0.6 is 0 Å². The minimum Gasteiger partial charge on any atom is -0.477 e. The molecule has 1 heterocycles. The lowest BCUT2D eigenvalue weighted by atomic mass is 9.98. The molecule has 7 heteroatoms. The molecular weight excluding hydrogens is 364 g/mol. The molecule has 0 bridgehead atoms. The predicted molar refractivity (Wildman–Crippen MR) is 101 cm³/mol. The maximum Gasteiger partial charge on any atom is 0.353 e. The van der Waals surface area contributed by atoms with Gasteiger partial charge in [0.2, 0.25) is 0 Å². The van der Waals surface area contributed by atoms with Crippen molar-refractivity contribution in [2.24, 2.45) is 7.05 Å². The first kappa shape index (κ1) is 18.4. The van der Waals surface area contributed by atoms with E-state index in [9.17, 15) is 23.6 Å². The highest BCUT2D eigenvalue weighted by atomic mass is 32.2. The molecule has 0 amide bonds. The Balaban J connectivity index is 2.26. The van der Waals surface area contributed by atoms with Crippen LogP contribution in [-0.4, -0.2) is 30.3 Å². The summed E-state index contributed by atoms with van der Waals surface area (Å²) in [5, 5.41) is 18.9. The molecule has 3 aromatic rings. The number of hydrogen-bond donors (Lipinski definition) is 1. The SMILES string of the molecule is Cn1c(C(=O)O)c(-c2ccc(-c3ccccc3)cc2)c(C#N)c1S(C)(=O)=O. The van der Waals surface area contributed by atoms with Crippen molar-refractivity contribution < 1.29 is 18.3 Å². The van der Waals surface area contributed by atoms with Gasteiger partial charge in [-0.2, -0.15) is 5.26 Å². The number of rotatable bonds is 4. The molecule has 3 rings (SSSR count).